The van der Waals surface area contributed by atoms with Crippen LogP contribution in [0.1, 0.15) is 18.4 Å². The fourth-order valence-corrected chi connectivity index (χ4v) is 2.36. The fourth-order valence-electron chi connectivity index (χ4n) is 2.36. The zero-order chi connectivity index (χ0) is 13.3. The molecule has 98 valence electrons. The molecule has 0 radical (unpaired) electrons. The van der Waals surface area contributed by atoms with Crippen LogP contribution in [0.25, 0.3) is 0 Å². The number of carboxylic acids is 1. The molecule has 4 heteroatoms. The normalized spacial score (nSPS) is 22.2. The van der Waals surface area contributed by atoms with E-state index >= 15 is 0 Å². The van der Waals surface area contributed by atoms with Gasteiger partial charge in [-0.25, -0.2) is 0 Å². The van der Waals surface area contributed by atoms with E-state index in [0.717, 1.165) is 24.2 Å². The summed E-state index contributed by atoms with van der Waals surface area (Å²) in [5, 5.41) is 12.3. The summed E-state index contributed by atoms with van der Waals surface area (Å²) in [6.45, 7) is 2.07. The Hall–Kier alpha value is -1.71. The van der Waals surface area contributed by atoms with E-state index in [1.807, 2.05) is 20.2 Å². The molecule has 1 fully saturated rings. The van der Waals surface area contributed by atoms with Crippen molar-refractivity contribution in [2.45, 2.75) is 25.8 Å². The Kier molecular flexibility index (Phi) is 3.45. The van der Waals surface area contributed by atoms with Crippen LogP contribution in [0.4, 0.5) is 11.4 Å². The first kappa shape index (κ1) is 12.7. The molecule has 1 aliphatic carbocycles. The van der Waals surface area contributed by atoms with Gasteiger partial charge in [-0.1, -0.05) is 6.07 Å². The van der Waals surface area contributed by atoms with E-state index in [9.17, 15) is 4.79 Å². The number of nitrogens with zero attached hydrogens (tertiary/aromatic N) is 1. The molecule has 0 amide bonds. The summed E-state index contributed by atoms with van der Waals surface area (Å²) >= 11 is 0. The van der Waals surface area contributed by atoms with Crippen LogP contribution in [-0.4, -0.2) is 31.2 Å². The van der Waals surface area contributed by atoms with Gasteiger partial charge in [-0.05, 0) is 37.5 Å². The Bertz CT molecular complexity index is 457. The van der Waals surface area contributed by atoms with Crippen LogP contribution in [0.3, 0.4) is 0 Å². The minimum Gasteiger partial charge on any atom is -0.481 e. The van der Waals surface area contributed by atoms with E-state index in [4.69, 9.17) is 5.11 Å². The highest BCUT2D eigenvalue weighted by atomic mass is 16.4. The Balaban J connectivity index is 2.10. The molecule has 0 heterocycles. The molecule has 1 aromatic carbocycles. The highest BCUT2D eigenvalue weighted by Gasteiger charge is 2.36. The van der Waals surface area contributed by atoms with E-state index in [2.05, 4.69) is 29.3 Å². The molecule has 2 unspecified atom stereocenters. The van der Waals surface area contributed by atoms with Gasteiger partial charge in [-0.2, -0.15) is 0 Å². The Morgan fingerprint density at radius 1 is 1.39 bits per heavy atom. The number of anilines is 2. The lowest BCUT2D eigenvalue weighted by molar-refractivity contribution is -0.144. The third-order valence-corrected chi connectivity index (χ3v) is 3.63. The molecular formula is C14H20N2O2. The molecule has 1 aliphatic rings. The maximum atomic E-state index is 11.0. The topological polar surface area (TPSA) is 52.6 Å². The van der Waals surface area contributed by atoms with Crippen LogP contribution in [0.15, 0.2) is 18.2 Å². The lowest BCUT2D eigenvalue weighted by Gasteiger charge is -2.35. The summed E-state index contributed by atoms with van der Waals surface area (Å²) in [6, 6.07) is 6.22. The average molecular weight is 248 g/mol. The second kappa shape index (κ2) is 4.88. The van der Waals surface area contributed by atoms with Crippen molar-refractivity contribution in [1.29, 1.82) is 0 Å². The summed E-state index contributed by atoms with van der Waals surface area (Å²) in [5.74, 6) is -0.937. The molecule has 2 atom stereocenters. The van der Waals surface area contributed by atoms with Crippen LogP contribution in [0.2, 0.25) is 0 Å². The van der Waals surface area contributed by atoms with Gasteiger partial charge in [-0.3, -0.25) is 4.79 Å². The van der Waals surface area contributed by atoms with Gasteiger partial charge in [0.2, 0.25) is 0 Å². The van der Waals surface area contributed by atoms with Crippen LogP contribution in [0, 0.1) is 12.8 Å². The van der Waals surface area contributed by atoms with Crippen molar-refractivity contribution in [3.63, 3.8) is 0 Å². The fraction of sp³-hybridized carbons (Fsp3) is 0.500. The Morgan fingerprint density at radius 3 is 2.61 bits per heavy atom. The minimum absolute atomic E-state index is 0.0696. The third kappa shape index (κ3) is 2.42. The van der Waals surface area contributed by atoms with Gasteiger partial charge in [-0.15, -0.1) is 0 Å². The maximum Gasteiger partial charge on any atom is 0.308 e. The Labute approximate surface area is 108 Å². The van der Waals surface area contributed by atoms with Gasteiger partial charge in [0.1, 0.15) is 0 Å². The average Bonchev–Trinajstić information content (AvgIpc) is 2.25. The molecular weight excluding hydrogens is 228 g/mol. The predicted octanol–water partition coefficient (Wildman–Crippen LogP) is 2.34. The van der Waals surface area contributed by atoms with E-state index < -0.39 is 5.97 Å². The van der Waals surface area contributed by atoms with Crippen molar-refractivity contribution in [2.24, 2.45) is 5.92 Å². The monoisotopic (exact) mass is 248 g/mol. The lowest BCUT2D eigenvalue weighted by Crippen LogP contribution is -2.43. The van der Waals surface area contributed by atoms with E-state index in [-0.39, 0.29) is 12.0 Å². The van der Waals surface area contributed by atoms with E-state index in [0.29, 0.717) is 0 Å². The first-order valence-electron chi connectivity index (χ1n) is 6.26. The number of aryl methyl sites for hydroxylation is 1. The second-order valence-electron chi connectivity index (χ2n) is 5.17. The van der Waals surface area contributed by atoms with Crippen LogP contribution >= 0.6 is 0 Å². The van der Waals surface area contributed by atoms with Crippen molar-refractivity contribution in [2.75, 3.05) is 24.3 Å². The number of nitrogens with one attached hydrogen (secondary N) is 1. The van der Waals surface area contributed by atoms with Crippen molar-refractivity contribution in [1.82, 2.24) is 0 Å². The SMILES string of the molecule is Cc1ccc(NC2CCC2C(=O)O)cc1N(C)C. The molecule has 0 aliphatic heterocycles. The number of carboxylic acid groups (broad SMARTS) is 1. The van der Waals surface area contributed by atoms with Crippen molar-refractivity contribution in [3.05, 3.63) is 23.8 Å². The molecule has 0 bridgehead atoms. The Morgan fingerprint density at radius 2 is 2.11 bits per heavy atom. The first-order valence-corrected chi connectivity index (χ1v) is 6.26. The number of benzene rings is 1. The summed E-state index contributed by atoms with van der Waals surface area (Å²) < 4.78 is 0. The molecule has 2 rings (SSSR count). The van der Waals surface area contributed by atoms with Crippen LogP contribution < -0.4 is 10.2 Å². The molecule has 0 saturated heterocycles. The summed E-state index contributed by atoms with van der Waals surface area (Å²) in [6.07, 6.45) is 1.71. The van der Waals surface area contributed by atoms with Crippen molar-refractivity contribution in [3.8, 4) is 0 Å². The van der Waals surface area contributed by atoms with Crippen LogP contribution in [-0.2, 0) is 4.79 Å². The standard InChI is InChI=1S/C14H20N2O2/c1-9-4-5-10(8-13(9)16(2)3)15-12-7-6-11(12)14(17)18/h4-5,8,11-12,15H,6-7H2,1-3H3,(H,17,18). The molecule has 1 saturated carbocycles. The molecule has 0 spiro atoms. The smallest absolute Gasteiger partial charge is 0.308 e. The second-order valence-corrected chi connectivity index (χ2v) is 5.17. The lowest BCUT2D eigenvalue weighted by atomic mass is 9.79. The first-order chi connectivity index (χ1) is 8.49. The summed E-state index contributed by atoms with van der Waals surface area (Å²) in [5.41, 5.74) is 3.38. The molecule has 1 aromatic rings. The predicted molar refractivity (Wildman–Crippen MR) is 73.3 cm³/mol. The zero-order valence-corrected chi connectivity index (χ0v) is 11.1. The van der Waals surface area contributed by atoms with Gasteiger partial charge in [0.25, 0.3) is 0 Å². The van der Waals surface area contributed by atoms with E-state index in [1.165, 1.54) is 5.56 Å². The molecule has 18 heavy (non-hydrogen) atoms. The number of rotatable bonds is 4. The highest BCUT2D eigenvalue weighted by Crippen LogP contribution is 2.32. The molecule has 0 aromatic heterocycles. The summed E-state index contributed by atoms with van der Waals surface area (Å²) in [4.78, 5) is 13.0. The maximum absolute atomic E-state index is 11.0. The summed E-state index contributed by atoms with van der Waals surface area (Å²) in [7, 11) is 4.02. The third-order valence-electron chi connectivity index (χ3n) is 3.63. The van der Waals surface area contributed by atoms with Crippen molar-refractivity contribution >= 4 is 17.3 Å². The van der Waals surface area contributed by atoms with Gasteiger partial charge >= 0.3 is 5.97 Å². The van der Waals surface area contributed by atoms with Gasteiger partial charge in [0.05, 0.1) is 5.92 Å². The van der Waals surface area contributed by atoms with Gasteiger partial charge < -0.3 is 15.3 Å². The number of hydrogen-bond donors (Lipinski definition) is 2. The van der Waals surface area contributed by atoms with Crippen LogP contribution in [0.5, 0.6) is 0 Å². The number of hydrogen-bond acceptors (Lipinski definition) is 3. The highest BCUT2D eigenvalue weighted by molar-refractivity contribution is 5.73. The van der Waals surface area contributed by atoms with Gasteiger partial charge in [0.15, 0.2) is 0 Å². The largest absolute Gasteiger partial charge is 0.481 e. The minimum atomic E-state index is -0.696. The quantitative estimate of drug-likeness (QED) is 0.858. The molecule has 2 N–H and O–H groups in total. The number of carbonyl (C=O) groups is 1. The van der Waals surface area contributed by atoms with E-state index in [1.54, 1.807) is 0 Å². The molecule has 4 nitrogen and oxygen atoms in total. The van der Waals surface area contributed by atoms with Gasteiger partial charge in [0, 0.05) is 31.5 Å². The zero-order valence-electron chi connectivity index (χ0n) is 11.1. The number of aliphatic carboxylic acids is 1. The van der Waals surface area contributed by atoms with Crippen molar-refractivity contribution < 1.29 is 9.90 Å².